The Bertz CT molecular complexity index is 752. The summed E-state index contributed by atoms with van der Waals surface area (Å²) < 4.78 is 0. The number of aliphatic imine (C=N–C) groups is 1. The number of hydrogen-bond donors (Lipinski definition) is 3. The zero-order valence-corrected chi connectivity index (χ0v) is 14.4. The first kappa shape index (κ1) is 15.4. The van der Waals surface area contributed by atoms with Gasteiger partial charge < -0.3 is 15.4 Å². The van der Waals surface area contributed by atoms with Crippen molar-refractivity contribution in [1.82, 2.24) is 4.98 Å². The minimum Gasteiger partial charge on any atom is -0.394 e. The number of fused-ring (bicyclic) bond motifs is 1. The van der Waals surface area contributed by atoms with Crippen LogP contribution in [0.2, 0.25) is 5.02 Å². The van der Waals surface area contributed by atoms with Crippen molar-refractivity contribution in [2.75, 3.05) is 17.7 Å². The van der Waals surface area contributed by atoms with Crippen molar-refractivity contribution < 1.29 is 5.11 Å². The van der Waals surface area contributed by atoms with Crippen LogP contribution in [-0.2, 0) is 0 Å². The SMILES string of the molecule is OC[C@@H]1CSC(c2cc3cc(Cl)cc(NC4CCCC4)c3[nH]2)=N1. The van der Waals surface area contributed by atoms with Gasteiger partial charge in [0.1, 0.15) is 5.04 Å². The fraction of sp³-hybridized carbons (Fsp3) is 0.471. The molecule has 1 atom stereocenters. The van der Waals surface area contributed by atoms with E-state index in [1.807, 2.05) is 12.1 Å². The summed E-state index contributed by atoms with van der Waals surface area (Å²) in [6.45, 7) is 0.108. The van der Waals surface area contributed by atoms with Crippen molar-refractivity contribution in [3.8, 4) is 0 Å². The van der Waals surface area contributed by atoms with Crippen LogP contribution in [0.1, 0.15) is 31.4 Å². The smallest absolute Gasteiger partial charge is 0.115 e. The van der Waals surface area contributed by atoms with Crippen LogP contribution in [0.15, 0.2) is 23.2 Å². The zero-order chi connectivity index (χ0) is 15.8. The average molecular weight is 350 g/mol. The molecule has 2 aromatic rings. The molecule has 0 unspecified atom stereocenters. The summed E-state index contributed by atoms with van der Waals surface area (Å²) >= 11 is 7.99. The standard InChI is InChI=1S/C17H20ClN3OS/c18-11-5-10-6-15(17-20-13(8-22)9-23-17)21-16(10)14(7-11)19-12-3-1-2-4-12/h5-7,12-13,19,21-22H,1-4,8-9H2/t13-/m1/s1. The largest absolute Gasteiger partial charge is 0.394 e. The van der Waals surface area contributed by atoms with Crippen molar-refractivity contribution in [2.45, 2.75) is 37.8 Å². The van der Waals surface area contributed by atoms with Crippen molar-refractivity contribution >= 4 is 45.0 Å². The molecule has 1 aliphatic heterocycles. The highest BCUT2D eigenvalue weighted by Gasteiger charge is 2.21. The number of nitrogens with zero attached hydrogens (tertiary/aromatic N) is 1. The van der Waals surface area contributed by atoms with Crippen LogP contribution in [-0.4, -0.2) is 39.6 Å². The van der Waals surface area contributed by atoms with Crippen LogP contribution in [0.25, 0.3) is 10.9 Å². The molecule has 122 valence electrons. The number of benzene rings is 1. The minimum absolute atomic E-state index is 0.0149. The van der Waals surface area contributed by atoms with E-state index < -0.39 is 0 Å². The summed E-state index contributed by atoms with van der Waals surface area (Å²) in [4.78, 5) is 8.07. The number of anilines is 1. The summed E-state index contributed by atoms with van der Waals surface area (Å²) in [6.07, 6.45) is 5.05. The Kier molecular flexibility index (Phi) is 4.26. The summed E-state index contributed by atoms with van der Waals surface area (Å²) in [5, 5.41) is 15.7. The highest BCUT2D eigenvalue weighted by atomic mass is 35.5. The quantitative estimate of drug-likeness (QED) is 0.781. The number of H-pyrrole nitrogens is 1. The fourth-order valence-corrected chi connectivity index (χ4v) is 4.63. The van der Waals surface area contributed by atoms with E-state index in [-0.39, 0.29) is 12.6 Å². The van der Waals surface area contributed by atoms with Crippen LogP contribution in [0.3, 0.4) is 0 Å². The highest BCUT2D eigenvalue weighted by molar-refractivity contribution is 8.14. The third kappa shape index (κ3) is 3.10. The van der Waals surface area contributed by atoms with Crippen LogP contribution in [0.5, 0.6) is 0 Å². The van der Waals surface area contributed by atoms with Crippen LogP contribution in [0.4, 0.5) is 5.69 Å². The second-order valence-electron chi connectivity index (χ2n) is 6.31. The van der Waals surface area contributed by atoms with Crippen LogP contribution < -0.4 is 5.32 Å². The number of nitrogens with one attached hydrogen (secondary N) is 2. The molecule has 1 saturated carbocycles. The normalized spacial score (nSPS) is 22.0. The third-order valence-electron chi connectivity index (χ3n) is 4.56. The summed E-state index contributed by atoms with van der Waals surface area (Å²) in [6, 6.07) is 6.65. The Morgan fingerprint density at radius 3 is 2.87 bits per heavy atom. The van der Waals surface area contributed by atoms with Gasteiger partial charge in [-0.3, -0.25) is 4.99 Å². The number of rotatable bonds is 4. The zero-order valence-electron chi connectivity index (χ0n) is 12.8. The molecule has 23 heavy (non-hydrogen) atoms. The molecule has 0 spiro atoms. The lowest BCUT2D eigenvalue weighted by molar-refractivity contribution is 0.277. The number of aliphatic hydroxyl groups is 1. The van der Waals surface area contributed by atoms with Gasteiger partial charge in [-0.15, -0.1) is 11.8 Å². The molecule has 0 bridgehead atoms. The maximum absolute atomic E-state index is 9.25. The Balaban J connectivity index is 1.70. The first-order valence-corrected chi connectivity index (χ1v) is 9.50. The molecule has 1 aliphatic carbocycles. The Morgan fingerprint density at radius 1 is 1.30 bits per heavy atom. The molecule has 0 amide bonds. The molecule has 2 heterocycles. The van der Waals surface area contributed by atoms with E-state index in [0.29, 0.717) is 6.04 Å². The van der Waals surface area contributed by atoms with Gasteiger partial charge in [0.2, 0.25) is 0 Å². The summed E-state index contributed by atoms with van der Waals surface area (Å²) in [7, 11) is 0. The van der Waals surface area contributed by atoms with E-state index >= 15 is 0 Å². The van der Waals surface area contributed by atoms with Crippen molar-refractivity contribution in [2.24, 2.45) is 4.99 Å². The molecule has 0 radical (unpaired) electrons. The second-order valence-corrected chi connectivity index (χ2v) is 7.75. The van der Waals surface area contributed by atoms with E-state index in [9.17, 15) is 5.11 Å². The van der Waals surface area contributed by atoms with Gasteiger partial charge in [0.15, 0.2) is 0 Å². The molecule has 1 fully saturated rings. The molecule has 2 aliphatic rings. The minimum atomic E-state index is 0.0149. The van der Waals surface area contributed by atoms with E-state index in [1.54, 1.807) is 11.8 Å². The Labute approximate surface area is 144 Å². The molecular weight excluding hydrogens is 330 g/mol. The monoisotopic (exact) mass is 349 g/mol. The molecular formula is C17H20ClN3OS. The predicted molar refractivity (Wildman–Crippen MR) is 99.1 cm³/mol. The second kappa shape index (κ2) is 6.38. The first-order valence-electron chi connectivity index (χ1n) is 8.13. The van der Waals surface area contributed by atoms with Crippen molar-refractivity contribution in [3.63, 3.8) is 0 Å². The third-order valence-corrected chi connectivity index (χ3v) is 5.93. The van der Waals surface area contributed by atoms with Crippen molar-refractivity contribution in [1.29, 1.82) is 0 Å². The van der Waals surface area contributed by atoms with Gasteiger partial charge in [-0.1, -0.05) is 24.4 Å². The lowest BCUT2D eigenvalue weighted by atomic mass is 10.2. The predicted octanol–water partition coefficient (Wildman–Crippen LogP) is 4.03. The lowest BCUT2D eigenvalue weighted by Gasteiger charge is -2.14. The molecule has 6 heteroatoms. The van der Waals surface area contributed by atoms with Crippen LogP contribution in [0, 0.1) is 0 Å². The van der Waals surface area contributed by atoms with E-state index in [1.165, 1.54) is 25.7 Å². The molecule has 4 rings (SSSR count). The van der Waals surface area contributed by atoms with Gasteiger partial charge in [0, 0.05) is 22.2 Å². The van der Waals surface area contributed by atoms with E-state index in [4.69, 9.17) is 11.6 Å². The molecule has 1 aromatic heterocycles. The van der Waals surface area contributed by atoms with Gasteiger partial charge in [-0.25, -0.2) is 0 Å². The Hall–Kier alpha value is -1.17. The number of aliphatic hydroxyl groups excluding tert-OH is 1. The molecule has 1 aromatic carbocycles. The number of aromatic nitrogens is 1. The van der Waals surface area contributed by atoms with Gasteiger partial charge in [0.05, 0.1) is 29.5 Å². The molecule has 4 nitrogen and oxygen atoms in total. The number of thioether (sulfide) groups is 1. The lowest BCUT2D eigenvalue weighted by Crippen LogP contribution is -2.14. The molecule has 0 saturated heterocycles. The maximum atomic E-state index is 9.25. The van der Waals surface area contributed by atoms with Crippen LogP contribution >= 0.6 is 23.4 Å². The van der Waals surface area contributed by atoms with Gasteiger partial charge in [-0.05, 0) is 31.0 Å². The number of hydrogen-bond acceptors (Lipinski definition) is 4. The molecule has 3 N–H and O–H groups in total. The number of halogens is 1. The van der Waals surface area contributed by atoms with Gasteiger partial charge >= 0.3 is 0 Å². The number of aromatic amines is 1. The van der Waals surface area contributed by atoms with Gasteiger partial charge in [0.25, 0.3) is 0 Å². The maximum Gasteiger partial charge on any atom is 0.115 e. The summed E-state index contributed by atoms with van der Waals surface area (Å²) in [5.74, 6) is 0.842. The van der Waals surface area contributed by atoms with E-state index in [0.717, 1.165) is 38.1 Å². The highest BCUT2D eigenvalue weighted by Crippen LogP contribution is 2.33. The fourth-order valence-electron chi connectivity index (χ4n) is 3.38. The van der Waals surface area contributed by atoms with Gasteiger partial charge in [-0.2, -0.15) is 0 Å². The average Bonchev–Trinajstić information content (AvgIpc) is 3.26. The van der Waals surface area contributed by atoms with E-state index in [2.05, 4.69) is 21.4 Å². The Morgan fingerprint density at radius 2 is 2.13 bits per heavy atom. The topological polar surface area (TPSA) is 60.4 Å². The first-order chi connectivity index (χ1) is 11.2. The van der Waals surface area contributed by atoms with Crippen molar-refractivity contribution in [3.05, 3.63) is 28.9 Å². The summed E-state index contributed by atoms with van der Waals surface area (Å²) in [5.41, 5.74) is 3.18.